The molecule has 0 aromatic rings. The third-order valence-electron chi connectivity index (χ3n) is 4.03. The van der Waals surface area contributed by atoms with Gasteiger partial charge >= 0.3 is 0 Å². The normalized spacial score (nSPS) is 39.9. The van der Waals surface area contributed by atoms with Gasteiger partial charge in [-0.05, 0) is 31.1 Å². The van der Waals surface area contributed by atoms with Gasteiger partial charge in [0.05, 0.1) is 11.7 Å². The first kappa shape index (κ1) is 10.4. The minimum absolute atomic E-state index is 0.273. The average Bonchev–Trinajstić information content (AvgIpc) is 1.99. The first-order valence-corrected chi connectivity index (χ1v) is 5.96. The molecule has 1 aliphatic heterocycles. The van der Waals surface area contributed by atoms with Gasteiger partial charge in [-0.1, -0.05) is 20.3 Å². The highest BCUT2D eigenvalue weighted by Crippen LogP contribution is 2.43. The summed E-state index contributed by atoms with van der Waals surface area (Å²) in [6, 6.07) is 0. The Balaban J connectivity index is 1.97. The van der Waals surface area contributed by atoms with Gasteiger partial charge in [-0.25, -0.2) is 0 Å². The quantitative estimate of drug-likeness (QED) is 0.738. The van der Waals surface area contributed by atoms with Crippen LogP contribution in [0.5, 0.6) is 0 Å². The van der Waals surface area contributed by atoms with Crippen LogP contribution in [0.4, 0.5) is 0 Å². The zero-order chi connectivity index (χ0) is 10.2. The van der Waals surface area contributed by atoms with E-state index in [2.05, 4.69) is 13.8 Å². The van der Waals surface area contributed by atoms with Crippen molar-refractivity contribution in [3.63, 3.8) is 0 Å². The summed E-state index contributed by atoms with van der Waals surface area (Å²) in [5, 5.41) is 10.5. The molecule has 2 nitrogen and oxygen atoms in total. The van der Waals surface area contributed by atoms with E-state index in [4.69, 9.17) is 4.74 Å². The van der Waals surface area contributed by atoms with Crippen LogP contribution in [0.2, 0.25) is 0 Å². The van der Waals surface area contributed by atoms with Crippen molar-refractivity contribution in [2.45, 2.75) is 57.7 Å². The summed E-state index contributed by atoms with van der Waals surface area (Å²) in [4.78, 5) is 0. The van der Waals surface area contributed by atoms with Gasteiger partial charge in [-0.15, -0.1) is 0 Å². The lowest BCUT2D eigenvalue weighted by atomic mass is 9.68. The van der Waals surface area contributed by atoms with Crippen LogP contribution < -0.4 is 0 Å². The lowest BCUT2D eigenvalue weighted by Gasteiger charge is -2.46. The van der Waals surface area contributed by atoms with E-state index < -0.39 is 5.60 Å². The van der Waals surface area contributed by atoms with Gasteiger partial charge in [0, 0.05) is 13.0 Å². The Morgan fingerprint density at radius 2 is 2.07 bits per heavy atom. The first-order valence-electron chi connectivity index (χ1n) is 5.96. The van der Waals surface area contributed by atoms with Crippen molar-refractivity contribution in [3.05, 3.63) is 0 Å². The van der Waals surface area contributed by atoms with Gasteiger partial charge < -0.3 is 9.84 Å². The van der Waals surface area contributed by atoms with E-state index in [0.717, 1.165) is 19.4 Å². The van der Waals surface area contributed by atoms with Crippen molar-refractivity contribution in [2.75, 3.05) is 6.61 Å². The average molecular weight is 198 g/mol. The summed E-state index contributed by atoms with van der Waals surface area (Å²) in [6.45, 7) is 5.10. The highest BCUT2D eigenvalue weighted by atomic mass is 16.5. The second kappa shape index (κ2) is 3.82. The highest BCUT2D eigenvalue weighted by Gasteiger charge is 2.44. The number of ether oxygens (including phenoxy) is 1. The molecule has 14 heavy (non-hydrogen) atoms. The molecule has 0 amide bonds. The lowest BCUT2D eigenvalue weighted by Crippen LogP contribution is -2.49. The molecule has 0 aromatic heterocycles. The van der Waals surface area contributed by atoms with Crippen LogP contribution in [-0.4, -0.2) is 23.4 Å². The van der Waals surface area contributed by atoms with E-state index in [-0.39, 0.29) is 6.10 Å². The van der Waals surface area contributed by atoms with E-state index in [1.54, 1.807) is 0 Å². The zero-order valence-electron chi connectivity index (χ0n) is 9.33. The summed E-state index contributed by atoms with van der Waals surface area (Å²) >= 11 is 0. The number of aliphatic hydroxyl groups is 1. The van der Waals surface area contributed by atoms with Crippen molar-refractivity contribution in [1.29, 1.82) is 0 Å². The van der Waals surface area contributed by atoms with Crippen molar-refractivity contribution in [3.8, 4) is 0 Å². The molecule has 2 unspecified atom stereocenters. The van der Waals surface area contributed by atoms with Gasteiger partial charge in [-0.2, -0.15) is 0 Å². The third-order valence-corrected chi connectivity index (χ3v) is 4.03. The highest BCUT2D eigenvalue weighted by molar-refractivity contribution is 4.95. The van der Waals surface area contributed by atoms with Crippen molar-refractivity contribution in [2.24, 2.45) is 11.8 Å². The zero-order valence-corrected chi connectivity index (χ0v) is 9.33. The standard InChI is InChI=1S/C12H22O2/c1-9(2)11-8-12(13,6-7-14-11)10-4-3-5-10/h9-11,13H,3-8H2,1-2H3. The number of hydrogen-bond donors (Lipinski definition) is 1. The summed E-state index contributed by atoms with van der Waals surface area (Å²) in [5.41, 5.74) is -0.397. The van der Waals surface area contributed by atoms with Crippen LogP contribution in [0.1, 0.15) is 46.0 Å². The van der Waals surface area contributed by atoms with Crippen LogP contribution in [0.3, 0.4) is 0 Å². The predicted octanol–water partition coefficient (Wildman–Crippen LogP) is 2.35. The van der Waals surface area contributed by atoms with Crippen LogP contribution in [0.25, 0.3) is 0 Å². The van der Waals surface area contributed by atoms with Gasteiger partial charge in [0.15, 0.2) is 0 Å². The molecular weight excluding hydrogens is 176 g/mol. The molecule has 0 spiro atoms. The van der Waals surface area contributed by atoms with Gasteiger partial charge in [-0.3, -0.25) is 0 Å². The molecule has 0 radical (unpaired) electrons. The Bertz CT molecular complexity index is 198. The molecule has 1 N–H and O–H groups in total. The van der Waals surface area contributed by atoms with E-state index in [0.29, 0.717) is 11.8 Å². The molecule has 2 aliphatic rings. The van der Waals surface area contributed by atoms with Gasteiger partial charge in [0.25, 0.3) is 0 Å². The van der Waals surface area contributed by atoms with Gasteiger partial charge in [0.1, 0.15) is 0 Å². The fraction of sp³-hybridized carbons (Fsp3) is 1.00. The monoisotopic (exact) mass is 198 g/mol. The Kier molecular flexibility index (Phi) is 2.85. The molecular formula is C12H22O2. The Labute approximate surface area is 86.6 Å². The summed E-state index contributed by atoms with van der Waals surface area (Å²) in [7, 11) is 0. The Morgan fingerprint density at radius 3 is 2.57 bits per heavy atom. The molecule has 0 bridgehead atoms. The maximum atomic E-state index is 10.5. The van der Waals surface area contributed by atoms with E-state index in [1.165, 1.54) is 19.3 Å². The maximum absolute atomic E-state index is 10.5. The largest absolute Gasteiger partial charge is 0.389 e. The second-order valence-corrected chi connectivity index (χ2v) is 5.34. The number of rotatable bonds is 2. The summed E-state index contributed by atoms with van der Waals surface area (Å²) < 4.78 is 5.69. The number of hydrogen-bond acceptors (Lipinski definition) is 2. The third kappa shape index (κ3) is 1.82. The van der Waals surface area contributed by atoms with Crippen molar-refractivity contribution >= 4 is 0 Å². The van der Waals surface area contributed by atoms with Crippen LogP contribution in [0.15, 0.2) is 0 Å². The molecule has 1 saturated heterocycles. The molecule has 82 valence electrons. The molecule has 1 saturated carbocycles. The minimum Gasteiger partial charge on any atom is -0.389 e. The molecule has 2 rings (SSSR count). The molecule has 2 heteroatoms. The second-order valence-electron chi connectivity index (χ2n) is 5.34. The topological polar surface area (TPSA) is 29.5 Å². The fourth-order valence-electron chi connectivity index (χ4n) is 2.64. The van der Waals surface area contributed by atoms with E-state index in [1.807, 2.05) is 0 Å². The molecule has 2 atom stereocenters. The van der Waals surface area contributed by atoms with E-state index >= 15 is 0 Å². The fourth-order valence-corrected chi connectivity index (χ4v) is 2.64. The smallest absolute Gasteiger partial charge is 0.0722 e. The van der Waals surface area contributed by atoms with Crippen molar-refractivity contribution in [1.82, 2.24) is 0 Å². The summed E-state index contributed by atoms with van der Waals surface area (Å²) in [6.07, 6.45) is 5.73. The Morgan fingerprint density at radius 1 is 1.36 bits per heavy atom. The molecule has 0 aromatic carbocycles. The first-order chi connectivity index (χ1) is 6.62. The van der Waals surface area contributed by atoms with Crippen LogP contribution in [0, 0.1) is 11.8 Å². The maximum Gasteiger partial charge on any atom is 0.0722 e. The summed E-state index contributed by atoms with van der Waals surface area (Å²) in [5.74, 6) is 1.09. The van der Waals surface area contributed by atoms with Crippen LogP contribution in [-0.2, 0) is 4.74 Å². The Hall–Kier alpha value is -0.0800. The SMILES string of the molecule is CC(C)C1CC(O)(C2CCC2)CCO1. The van der Waals surface area contributed by atoms with Crippen LogP contribution >= 0.6 is 0 Å². The molecule has 1 heterocycles. The molecule has 2 fully saturated rings. The molecule has 1 aliphatic carbocycles. The van der Waals surface area contributed by atoms with E-state index in [9.17, 15) is 5.11 Å². The minimum atomic E-state index is -0.397. The predicted molar refractivity (Wildman–Crippen MR) is 56.1 cm³/mol. The van der Waals surface area contributed by atoms with Crippen molar-refractivity contribution < 1.29 is 9.84 Å². The van der Waals surface area contributed by atoms with Gasteiger partial charge in [0.2, 0.25) is 0 Å². The lowest BCUT2D eigenvalue weighted by molar-refractivity contribution is -0.155.